The van der Waals surface area contributed by atoms with Crippen LogP contribution in [0.2, 0.25) is 0 Å². The largest absolute Gasteiger partial charge is 0.457 e. The summed E-state index contributed by atoms with van der Waals surface area (Å²) in [5, 5.41) is 9.56. The van der Waals surface area contributed by atoms with Gasteiger partial charge in [0.15, 0.2) is 0 Å². The second-order valence-electron chi connectivity index (χ2n) is 12.3. The van der Waals surface area contributed by atoms with Gasteiger partial charge in [-0.15, -0.1) is 0 Å². The van der Waals surface area contributed by atoms with Gasteiger partial charge in [-0.1, -0.05) is 156 Å². The lowest BCUT2D eigenvalue weighted by Crippen LogP contribution is -2.27. The quantitative estimate of drug-likeness (QED) is 0.0422. The van der Waals surface area contributed by atoms with E-state index >= 15 is 0 Å². The van der Waals surface area contributed by atoms with Crippen molar-refractivity contribution in [3.05, 3.63) is 97.2 Å². The number of esters is 1. The predicted molar refractivity (Wildman–Crippen MR) is 209 cm³/mol. The van der Waals surface area contributed by atoms with Crippen molar-refractivity contribution in [1.29, 1.82) is 0 Å². The second-order valence-corrected chi connectivity index (χ2v) is 12.3. The van der Waals surface area contributed by atoms with Gasteiger partial charge in [-0.05, 0) is 83.5 Å². The summed E-state index contributed by atoms with van der Waals surface area (Å²) < 4.78 is 11.1. The average Bonchev–Trinajstić information content (AvgIpc) is 3.09. The number of carbonyl (C=O) groups is 1. The molecule has 0 fully saturated rings. The SMILES string of the molecule is CC/C=C\C/C=C\C/C=C\C/C=C\C/C=C\C/C=C\CCC(=O)OC(CO)COCCCCCCCC/C=C\C/C=C\CCCCCC. The molecule has 0 radical (unpaired) electrons. The van der Waals surface area contributed by atoms with Crippen LogP contribution in [0, 0.1) is 0 Å². The van der Waals surface area contributed by atoms with Gasteiger partial charge < -0.3 is 14.6 Å². The monoisotopic (exact) mass is 665 g/mol. The number of ether oxygens (including phenoxy) is 2. The van der Waals surface area contributed by atoms with E-state index in [9.17, 15) is 9.90 Å². The fourth-order valence-electron chi connectivity index (χ4n) is 4.79. The fourth-order valence-corrected chi connectivity index (χ4v) is 4.79. The highest BCUT2D eigenvalue weighted by atomic mass is 16.6. The number of rotatable bonds is 34. The Kier molecular flexibility index (Phi) is 38.2. The molecular formula is C44H72O4. The summed E-state index contributed by atoms with van der Waals surface area (Å²) in [7, 11) is 0. The third-order valence-electron chi connectivity index (χ3n) is 7.66. The van der Waals surface area contributed by atoms with Crippen LogP contribution in [0.5, 0.6) is 0 Å². The highest BCUT2D eigenvalue weighted by Gasteiger charge is 2.13. The molecule has 0 rings (SSSR count). The lowest BCUT2D eigenvalue weighted by Gasteiger charge is -2.15. The molecule has 0 heterocycles. The van der Waals surface area contributed by atoms with E-state index in [1.54, 1.807) is 0 Å². The van der Waals surface area contributed by atoms with Crippen LogP contribution in [0.3, 0.4) is 0 Å². The number of allylic oxidation sites excluding steroid dienone is 16. The third kappa shape index (κ3) is 37.8. The summed E-state index contributed by atoms with van der Waals surface area (Å²) in [5.41, 5.74) is 0. The van der Waals surface area contributed by atoms with Crippen molar-refractivity contribution in [3.8, 4) is 0 Å². The minimum atomic E-state index is -0.586. The van der Waals surface area contributed by atoms with Crippen molar-refractivity contribution < 1.29 is 19.4 Å². The smallest absolute Gasteiger partial charge is 0.306 e. The standard InChI is InChI=1S/C44H72O4/c1-3-5-7-9-11-13-15-17-19-21-22-23-25-27-29-31-33-35-37-39-44(46)48-43(41-45)42-47-40-38-36-34-32-30-28-26-24-20-18-16-14-12-10-8-6-4-2/h5,7,11,13-14,16-17,19-20,22-24,27,29,33,35,43,45H,3-4,6,8-10,12,15,18,21,25-26,28,30-32,34,36-42H2,1-2H3/b7-5-,13-11-,16-14-,19-17-,23-22-,24-20-,29-27-,35-33-. The lowest BCUT2D eigenvalue weighted by molar-refractivity contribution is -0.154. The van der Waals surface area contributed by atoms with Gasteiger partial charge in [0.05, 0.1) is 13.2 Å². The van der Waals surface area contributed by atoms with Crippen LogP contribution in [0.25, 0.3) is 0 Å². The van der Waals surface area contributed by atoms with E-state index < -0.39 is 6.10 Å². The lowest BCUT2D eigenvalue weighted by atomic mass is 10.1. The van der Waals surface area contributed by atoms with Gasteiger partial charge in [-0.3, -0.25) is 4.79 Å². The highest BCUT2D eigenvalue weighted by Crippen LogP contribution is 2.09. The summed E-state index contributed by atoms with van der Waals surface area (Å²) in [5.74, 6) is -0.290. The van der Waals surface area contributed by atoms with E-state index in [1.807, 2.05) is 6.08 Å². The van der Waals surface area contributed by atoms with Crippen molar-refractivity contribution in [2.24, 2.45) is 0 Å². The first-order chi connectivity index (χ1) is 23.7. The predicted octanol–water partition coefficient (Wildman–Crippen LogP) is 12.6. The Hall–Kier alpha value is -2.69. The molecule has 0 aromatic heterocycles. The van der Waals surface area contributed by atoms with Crippen molar-refractivity contribution in [1.82, 2.24) is 0 Å². The molecule has 0 aliphatic carbocycles. The molecule has 0 bridgehead atoms. The van der Waals surface area contributed by atoms with Crippen molar-refractivity contribution >= 4 is 5.97 Å². The van der Waals surface area contributed by atoms with E-state index in [0.29, 0.717) is 19.4 Å². The second kappa shape index (κ2) is 40.5. The Morgan fingerprint density at radius 1 is 0.521 bits per heavy atom. The maximum absolute atomic E-state index is 12.1. The Labute approximate surface area is 296 Å². The van der Waals surface area contributed by atoms with Gasteiger partial charge in [0.25, 0.3) is 0 Å². The van der Waals surface area contributed by atoms with Crippen LogP contribution < -0.4 is 0 Å². The van der Waals surface area contributed by atoms with Crippen LogP contribution in [-0.4, -0.2) is 37.0 Å². The van der Waals surface area contributed by atoms with Crippen LogP contribution in [0.15, 0.2) is 97.2 Å². The van der Waals surface area contributed by atoms with E-state index in [2.05, 4.69) is 105 Å². The Balaban J connectivity index is 3.64. The van der Waals surface area contributed by atoms with Gasteiger partial charge in [-0.2, -0.15) is 0 Å². The van der Waals surface area contributed by atoms with E-state index in [-0.39, 0.29) is 19.2 Å². The molecule has 4 heteroatoms. The minimum Gasteiger partial charge on any atom is -0.457 e. The summed E-state index contributed by atoms with van der Waals surface area (Å²) in [6.45, 7) is 5.09. The summed E-state index contributed by atoms with van der Waals surface area (Å²) in [4.78, 5) is 12.1. The maximum Gasteiger partial charge on any atom is 0.306 e. The number of hydrogen-bond donors (Lipinski definition) is 1. The van der Waals surface area contributed by atoms with E-state index in [0.717, 1.165) is 57.8 Å². The van der Waals surface area contributed by atoms with Gasteiger partial charge in [0, 0.05) is 13.0 Å². The fraction of sp³-hybridized carbons (Fsp3) is 0.614. The first-order valence-electron chi connectivity index (χ1n) is 19.3. The van der Waals surface area contributed by atoms with E-state index in [4.69, 9.17) is 9.47 Å². The van der Waals surface area contributed by atoms with Crippen molar-refractivity contribution in [2.45, 2.75) is 155 Å². The molecule has 0 saturated carbocycles. The molecule has 0 aliphatic heterocycles. The zero-order valence-electron chi connectivity index (χ0n) is 31.0. The molecule has 0 aromatic carbocycles. The highest BCUT2D eigenvalue weighted by molar-refractivity contribution is 5.69. The molecule has 0 saturated heterocycles. The van der Waals surface area contributed by atoms with E-state index in [1.165, 1.54) is 64.2 Å². The maximum atomic E-state index is 12.1. The number of aliphatic hydroxyl groups is 1. The van der Waals surface area contributed by atoms with Gasteiger partial charge in [0.1, 0.15) is 6.10 Å². The van der Waals surface area contributed by atoms with Gasteiger partial charge >= 0.3 is 5.97 Å². The number of unbranched alkanes of at least 4 members (excludes halogenated alkanes) is 10. The molecule has 48 heavy (non-hydrogen) atoms. The molecular weight excluding hydrogens is 592 g/mol. The van der Waals surface area contributed by atoms with Crippen molar-refractivity contribution in [2.75, 3.05) is 19.8 Å². The minimum absolute atomic E-state index is 0.213. The molecule has 0 amide bonds. The molecule has 0 spiro atoms. The van der Waals surface area contributed by atoms with Crippen molar-refractivity contribution in [3.63, 3.8) is 0 Å². The molecule has 272 valence electrons. The summed E-state index contributed by atoms with van der Waals surface area (Å²) in [6.07, 6.45) is 57.5. The number of aliphatic hydroxyl groups excluding tert-OH is 1. The number of carbonyl (C=O) groups excluding carboxylic acids is 1. The molecule has 0 aromatic rings. The zero-order valence-corrected chi connectivity index (χ0v) is 31.0. The van der Waals surface area contributed by atoms with Crippen LogP contribution in [0.1, 0.15) is 149 Å². The van der Waals surface area contributed by atoms with Crippen LogP contribution >= 0.6 is 0 Å². The third-order valence-corrected chi connectivity index (χ3v) is 7.66. The molecule has 4 nitrogen and oxygen atoms in total. The average molecular weight is 665 g/mol. The van der Waals surface area contributed by atoms with Crippen LogP contribution in [-0.2, 0) is 14.3 Å². The first-order valence-corrected chi connectivity index (χ1v) is 19.3. The normalized spacial score (nSPS) is 13.5. The topological polar surface area (TPSA) is 55.8 Å². The molecule has 1 N–H and O–H groups in total. The van der Waals surface area contributed by atoms with Gasteiger partial charge in [-0.25, -0.2) is 0 Å². The summed E-state index contributed by atoms with van der Waals surface area (Å²) >= 11 is 0. The first kappa shape index (κ1) is 45.3. The molecule has 1 unspecified atom stereocenters. The van der Waals surface area contributed by atoms with Crippen LogP contribution in [0.4, 0.5) is 0 Å². The Morgan fingerprint density at radius 3 is 1.42 bits per heavy atom. The molecule has 0 aliphatic rings. The Morgan fingerprint density at radius 2 is 0.938 bits per heavy atom. The van der Waals surface area contributed by atoms with Gasteiger partial charge in [0.2, 0.25) is 0 Å². The summed E-state index contributed by atoms with van der Waals surface area (Å²) in [6, 6.07) is 0. The Bertz CT molecular complexity index is 918. The number of hydrogen-bond acceptors (Lipinski definition) is 4. The molecule has 1 atom stereocenters. The zero-order chi connectivity index (χ0) is 34.9.